The standard InChI is InChI=1S/C29H49N3O12/c1-4-21(20(2)33)7-5-6-12-30-25(35)11-9-24(29(40)41)32-26(36)10-8-22(28(38)39)17-23(34)18-44-16-15-43-14-13-31-27(37)19-42-3/h21-22,24H,4-19H2,1-3H3,(H,30,35)(H,31,37)(H,32,36)(H,38,39)(H,40,41)/t21-,22+,24-/m0/s1. The molecule has 0 unspecified atom stereocenters. The molecule has 0 bridgehead atoms. The van der Waals surface area contributed by atoms with Gasteiger partial charge in [-0.15, -0.1) is 0 Å². The first kappa shape index (κ1) is 40.6. The number of amides is 3. The minimum absolute atomic E-state index is 0.0164. The zero-order valence-corrected chi connectivity index (χ0v) is 26.0. The van der Waals surface area contributed by atoms with Gasteiger partial charge in [0.1, 0.15) is 25.0 Å². The molecule has 0 spiro atoms. The third kappa shape index (κ3) is 21.3. The van der Waals surface area contributed by atoms with E-state index in [4.69, 9.17) is 9.47 Å². The molecule has 0 saturated heterocycles. The van der Waals surface area contributed by atoms with Crippen LogP contribution in [0.15, 0.2) is 0 Å². The van der Waals surface area contributed by atoms with Crippen LogP contribution in [-0.4, -0.2) is 111 Å². The highest BCUT2D eigenvalue weighted by atomic mass is 16.5. The van der Waals surface area contributed by atoms with E-state index in [0.29, 0.717) is 13.0 Å². The van der Waals surface area contributed by atoms with Crippen molar-refractivity contribution < 1.29 is 58.0 Å². The summed E-state index contributed by atoms with van der Waals surface area (Å²) in [6.45, 7) is 4.26. The van der Waals surface area contributed by atoms with Crippen LogP contribution < -0.4 is 16.0 Å². The van der Waals surface area contributed by atoms with E-state index >= 15 is 0 Å². The number of carbonyl (C=O) groups excluding carboxylic acids is 5. The van der Waals surface area contributed by atoms with Gasteiger partial charge in [-0.1, -0.05) is 13.3 Å². The van der Waals surface area contributed by atoms with Crippen LogP contribution in [0.1, 0.15) is 71.6 Å². The average molecular weight is 632 g/mol. The van der Waals surface area contributed by atoms with Crippen molar-refractivity contribution >= 4 is 41.2 Å². The summed E-state index contributed by atoms with van der Waals surface area (Å²) in [5.41, 5.74) is 0. The van der Waals surface area contributed by atoms with Gasteiger partial charge in [-0.3, -0.25) is 28.8 Å². The van der Waals surface area contributed by atoms with Crippen LogP contribution in [0.25, 0.3) is 0 Å². The van der Waals surface area contributed by atoms with Crippen molar-refractivity contribution in [3.05, 3.63) is 0 Å². The minimum atomic E-state index is -1.34. The molecule has 0 fully saturated rings. The number of unbranched alkanes of at least 4 members (excludes halogenated alkanes) is 1. The summed E-state index contributed by atoms with van der Waals surface area (Å²) in [6.07, 6.45) is 1.79. The number of hydrogen-bond acceptors (Lipinski definition) is 10. The summed E-state index contributed by atoms with van der Waals surface area (Å²) in [5.74, 6) is -5.44. The molecule has 0 rings (SSSR count). The number of nitrogens with one attached hydrogen (secondary N) is 3. The molecule has 15 heteroatoms. The van der Waals surface area contributed by atoms with Gasteiger partial charge in [0.15, 0.2) is 5.78 Å². The molecular formula is C29H49N3O12. The van der Waals surface area contributed by atoms with E-state index in [9.17, 15) is 43.8 Å². The third-order valence-electron chi connectivity index (χ3n) is 6.68. The zero-order valence-electron chi connectivity index (χ0n) is 26.0. The maximum absolute atomic E-state index is 12.3. The van der Waals surface area contributed by atoms with E-state index in [2.05, 4.69) is 20.7 Å². The highest BCUT2D eigenvalue weighted by Crippen LogP contribution is 2.14. The van der Waals surface area contributed by atoms with E-state index in [0.717, 1.165) is 19.3 Å². The van der Waals surface area contributed by atoms with Crippen LogP contribution in [0.3, 0.4) is 0 Å². The van der Waals surface area contributed by atoms with Crippen molar-refractivity contribution in [3.8, 4) is 0 Å². The lowest BCUT2D eigenvalue weighted by atomic mass is 9.95. The van der Waals surface area contributed by atoms with Gasteiger partial charge in [-0.25, -0.2) is 4.79 Å². The molecular weight excluding hydrogens is 582 g/mol. The van der Waals surface area contributed by atoms with Crippen molar-refractivity contribution in [1.82, 2.24) is 16.0 Å². The molecule has 0 aliphatic rings. The molecule has 0 aliphatic heterocycles. The summed E-state index contributed by atoms with van der Waals surface area (Å²) in [4.78, 5) is 82.4. The molecule has 15 nitrogen and oxygen atoms in total. The normalized spacial score (nSPS) is 12.9. The quantitative estimate of drug-likeness (QED) is 0.0744. The Morgan fingerprint density at radius 3 is 1.98 bits per heavy atom. The Hall–Kier alpha value is -3.43. The van der Waals surface area contributed by atoms with Crippen LogP contribution in [0.5, 0.6) is 0 Å². The number of hydrogen-bond donors (Lipinski definition) is 5. The van der Waals surface area contributed by atoms with Gasteiger partial charge in [-0.2, -0.15) is 0 Å². The Morgan fingerprint density at radius 1 is 0.705 bits per heavy atom. The number of rotatable bonds is 28. The summed E-state index contributed by atoms with van der Waals surface area (Å²) in [7, 11) is 1.40. The van der Waals surface area contributed by atoms with Gasteiger partial charge in [0.25, 0.3) is 0 Å². The number of Topliss-reactive ketones (excluding diaryl/α,β-unsaturated/α-hetero) is 2. The number of ketones is 2. The first-order valence-corrected chi connectivity index (χ1v) is 14.9. The van der Waals surface area contributed by atoms with Crippen LogP contribution in [-0.2, 0) is 47.8 Å². The molecule has 0 radical (unpaired) electrons. The second-order valence-electron chi connectivity index (χ2n) is 10.3. The predicted octanol–water partition coefficient (Wildman–Crippen LogP) is 0.474. The van der Waals surface area contributed by atoms with Crippen LogP contribution >= 0.6 is 0 Å². The fourth-order valence-electron chi connectivity index (χ4n) is 4.13. The summed E-state index contributed by atoms with van der Waals surface area (Å²) in [5, 5.41) is 26.5. The summed E-state index contributed by atoms with van der Waals surface area (Å²) >= 11 is 0. The third-order valence-corrected chi connectivity index (χ3v) is 6.68. The number of ether oxygens (including phenoxy) is 3. The number of carbonyl (C=O) groups is 7. The summed E-state index contributed by atoms with van der Waals surface area (Å²) in [6, 6.07) is -1.34. The van der Waals surface area contributed by atoms with Gasteiger partial charge >= 0.3 is 11.9 Å². The van der Waals surface area contributed by atoms with Crippen molar-refractivity contribution in [2.75, 3.05) is 53.2 Å². The maximum Gasteiger partial charge on any atom is 0.326 e. The van der Waals surface area contributed by atoms with Crippen molar-refractivity contribution in [2.24, 2.45) is 11.8 Å². The Labute approximate surface area is 258 Å². The first-order chi connectivity index (χ1) is 20.9. The molecule has 5 N–H and O–H groups in total. The molecule has 0 saturated carbocycles. The van der Waals surface area contributed by atoms with E-state index in [-0.39, 0.29) is 95.2 Å². The Bertz CT molecular complexity index is 927. The average Bonchev–Trinajstić information content (AvgIpc) is 2.96. The number of carboxylic acid groups (broad SMARTS) is 2. The molecule has 0 aliphatic carbocycles. The number of carboxylic acids is 2. The van der Waals surface area contributed by atoms with E-state index in [1.54, 1.807) is 6.92 Å². The van der Waals surface area contributed by atoms with E-state index in [1.807, 2.05) is 6.92 Å². The largest absolute Gasteiger partial charge is 0.481 e. The second-order valence-corrected chi connectivity index (χ2v) is 10.3. The van der Waals surface area contributed by atoms with E-state index in [1.165, 1.54) is 7.11 Å². The maximum atomic E-state index is 12.3. The topological polar surface area (TPSA) is 224 Å². The molecule has 0 aromatic carbocycles. The molecule has 3 atom stereocenters. The van der Waals surface area contributed by atoms with Crippen LogP contribution in [0, 0.1) is 11.8 Å². The fourth-order valence-corrected chi connectivity index (χ4v) is 4.13. The van der Waals surface area contributed by atoms with Crippen LogP contribution in [0.2, 0.25) is 0 Å². The van der Waals surface area contributed by atoms with Crippen molar-refractivity contribution in [3.63, 3.8) is 0 Å². The molecule has 44 heavy (non-hydrogen) atoms. The van der Waals surface area contributed by atoms with Crippen molar-refractivity contribution in [2.45, 2.75) is 77.7 Å². The van der Waals surface area contributed by atoms with Gasteiger partial charge in [0.05, 0.1) is 25.7 Å². The fraction of sp³-hybridized carbons (Fsp3) is 0.759. The zero-order chi connectivity index (χ0) is 33.3. The Balaban J connectivity index is 4.31. The molecule has 0 aromatic heterocycles. The Morgan fingerprint density at radius 2 is 1.36 bits per heavy atom. The highest BCUT2D eigenvalue weighted by molar-refractivity contribution is 5.86. The van der Waals surface area contributed by atoms with Gasteiger partial charge in [-0.05, 0) is 39.0 Å². The smallest absolute Gasteiger partial charge is 0.326 e. The summed E-state index contributed by atoms with van der Waals surface area (Å²) < 4.78 is 15.1. The first-order valence-electron chi connectivity index (χ1n) is 14.9. The van der Waals surface area contributed by atoms with Crippen molar-refractivity contribution in [1.29, 1.82) is 0 Å². The van der Waals surface area contributed by atoms with Gasteiger partial charge < -0.3 is 40.4 Å². The molecule has 0 aromatic rings. The highest BCUT2D eigenvalue weighted by Gasteiger charge is 2.25. The molecule has 0 heterocycles. The Kier molecular flexibility index (Phi) is 23.0. The lowest BCUT2D eigenvalue weighted by molar-refractivity contribution is -0.145. The molecule has 252 valence electrons. The number of aliphatic carboxylic acids is 2. The van der Waals surface area contributed by atoms with Crippen LogP contribution in [0.4, 0.5) is 0 Å². The SMILES string of the molecule is CC[C@@H](CCCCNC(=O)CC[C@H](NC(=O)CC[C@H](CC(=O)COCCOCCNC(=O)COC)C(=O)O)C(=O)O)C(C)=O. The van der Waals surface area contributed by atoms with E-state index < -0.39 is 35.6 Å². The van der Waals surface area contributed by atoms with Gasteiger partial charge in [0.2, 0.25) is 17.7 Å². The lowest BCUT2D eigenvalue weighted by Crippen LogP contribution is -2.42. The molecule has 3 amide bonds. The minimum Gasteiger partial charge on any atom is -0.481 e. The monoisotopic (exact) mass is 631 g/mol. The second kappa shape index (κ2) is 25.0. The predicted molar refractivity (Wildman–Crippen MR) is 157 cm³/mol. The lowest BCUT2D eigenvalue weighted by Gasteiger charge is -2.16. The van der Waals surface area contributed by atoms with Gasteiger partial charge in [0, 0.05) is 45.4 Å². The number of methoxy groups -OCH3 is 1.